The van der Waals surface area contributed by atoms with Crippen molar-refractivity contribution in [1.82, 2.24) is 4.98 Å². The SMILES string of the molecule is COc1cccnc1C(N)CC1CC2CCC1C2. The van der Waals surface area contributed by atoms with E-state index in [-0.39, 0.29) is 6.04 Å². The molecule has 1 heterocycles. The molecule has 18 heavy (non-hydrogen) atoms. The molecule has 0 aromatic carbocycles. The van der Waals surface area contributed by atoms with E-state index in [1.54, 1.807) is 13.3 Å². The van der Waals surface area contributed by atoms with Crippen molar-refractivity contribution in [1.29, 1.82) is 0 Å². The van der Waals surface area contributed by atoms with Gasteiger partial charge >= 0.3 is 0 Å². The third kappa shape index (κ3) is 2.12. The van der Waals surface area contributed by atoms with Crippen molar-refractivity contribution in [3.05, 3.63) is 24.0 Å². The average Bonchev–Trinajstić information content (AvgIpc) is 3.01. The van der Waals surface area contributed by atoms with E-state index in [2.05, 4.69) is 4.98 Å². The number of pyridine rings is 1. The summed E-state index contributed by atoms with van der Waals surface area (Å²) < 4.78 is 5.35. The van der Waals surface area contributed by atoms with Crippen LogP contribution in [0.1, 0.15) is 43.8 Å². The van der Waals surface area contributed by atoms with Gasteiger partial charge in [-0.15, -0.1) is 0 Å². The lowest BCUT2D eigenvalue weighted by Crippen LogP contribution is -2.20. The molecule has 2 N–H and O–H groups in total. The maximum Gasteiger partial charge on any atom is 0.141 e. The molecule has 2 aliphatic carbocycles. The summed E-state index contributed by atoms with van der Waals surface area (Å²) in [5.74, 6) is 3.55. The van der Waals surface area contributed by atoms with Gasteiger partial charge in [0.05, 0.1) is 18.8 Å². The first-order chi connectivity index (χ1) is 8.78. The van der Waals surface area contributed by atoms with Crippen LogP contribution in [0.15, 0.2) is 18.3 Å². The van der Waals surface area contributed by atoms with Crippen molar-refractivity contribution < 1.29 is 4.74 Å². The van der Waals surface area contributed by atoms with Gasteiger partial charge in [0.25, 0.3) is 0 Å². The third-order valence-corrected chi connectivity index (χ3v) is 4.81. The molecular formula is C15H22N2O. The zero-order chi connectivity index (χ0) is 12.5. The lowest BCUT2D eigenvalue weighted by molar-refractivity contribution is 0.291. The maximum atomic E-state index is 6.34. The van der Waals surface area contributed by atoms with Crippen molar-refractivity contribution >= 4 is 0 Å². The first-order valence-corrected chi connectivity index (χ1v) is 7.02. The zero-order valence-electron chi connectivity index (χ0n) is 11.0. The van der Waals surface area contributed by atoms with Crippen LogP contribution in [0.5, 0.6) is 5.75 Å². The molecule has 2 aliphatic rings. The summed E-state index contributed by atoms with van der Waals surface area (Å²) in [7, 11) is 1.69. The molecule has 2 saturated carbocycles. The van der Waals surface area contributed by atoms with Gasteiger partial charge < -0.3 is 10.5 Å². The van der Waals surface area contributed by atoms with Gasteiger partial charge in [0.1, 0.15) is 5.75 Å². The topological polar surface area (TPSA) is 48.1 Å². The van der Waals surface area contributed by atoms with Crippen LogP contribution >= 0.6 is 0 Å². The minimum absolute atomic E-state index is 0.0190. The molecule has 0 saturated heterocycles. The standard InChI is InChI=1S/C15H22N2O/c1-18-14-3-2-6-17-15(14)13(16)9-12-8-10-4-5-11(12)7-10/h2-3,6,10-13H,4-5,7-9,16H2,1H3. The smallest absolute Gasteiger partial charge is 0.141 e. The first-order valence-electron chi connectivity index (χ1n) is 7.02. The Kier molecular flexibility index (Phi) is 3.25. The van der Waals surface area contributed by atoms with Crippen LogP contribution in [0, 0.1) is 17.8 Å². The van der Waals surface area contributed by atoms with E-state index in [4.69, 9.17) is 10.5 Å². The van der Waals surface area contributed by atoms with Crippen LogP contribution in [-0.2, 0) is 0 Å². The summed E-state index contributed by atoms with van der Waals surface area (Å²) in [5, 5.41) is 0. The molecule has 2 fully saturated rings. The molecule has 4 atom stereocenters. The predicted molar refractivity (Wildman–Crippen MR) is 71.3 cm³/mol. The summed E-state index contributed by atoms with van der Waals surface area (Å²) in [6, 6.07) is 3.86. The van der Waals surface area contributed by atoms with Gasteiger partial charge in [-0.05, 0) is 55.6 Å². The fourth-order valence-corrected chi connectivity index (χ4v) is 3.96. The van der Waals surface area contributed by atoms with E-state index in [0.29, 0.717) is 0 Å². The molecule has 2 bridgehead atoms. The van der Waals surface area contributed by atoms with Gasteiger partial charge in [0.15, 0.2) is 0 Å². The van der Waals surface area contributed by atoms with Gasteiger partial charge in [0.2, 0.25) is 0 Å². The number of nitrogens with zero attached hydrogens (tertiary/aromatic N) is 1. The van der Waals surface area contributed by atoms with E-state index in [1.165, 1.54) is 25.7 Å². The monoisotopic (exact) mass is 246 g/mol. The minimum atomic E-state index is 0.0190. The van der Waals surface area contributed by atoms with Gasteiger partial charge in [-0.2, -0.15) is 0 Å². The van der Waals surface area contributed by atoms with Crippen LogP contribution in [0.3, 0.4) is 0 Å². The molecule has 3 nitrogen and oxygen atoms in total. The van der Waals surface area contributed by atoms with E-state index >= 15 is 0 Å². The number of fused-ring (bicyclic) bond motifs is 2. The van der Waals surface area contributed by atoms with Crippen LogP contribution in [0.4, 0.5) is 0 Å². The fourth-order valence-electron chi connectivity index (χ4n) is 3.96. The van der Waals surface area contributed by atoms with Gasteiger partial charge in [-0.1, -0.05) is 6.42 Å². The number of hydrogen-bond donors (Lipinski definition) is 1. The lowest BCUT2D eigenvalue weighted by atomic mass is 9.83. The molecule has 0 aliphatic heterocycles. The Morgan fingerprint density at radius 2 is 2.33 bits per heavy atom. The van der Waals surface area contributed by atoms with Gasteiger partial charge in [-0.3, -0.25) is 4.98 Å². The highest BCUT2D eigenvalue weighted by Crippen LogP contribution is 2.50. The summed E-state index contributed by atoms with van der Waals surface area (Å²) in [6.07, 6.45) is 8.56. The van der Waals surface area contributed by atoms with Crippen molar-refractivity contribution in [3.8, 4) is 5.75 Å². The average molecular weight is 246 g/mol. The van der Waals surface area contributed by atoms with Gasteiger partial charge in [-0.25, -0.2) is 0 Å². The molecule has 1 aromatic heterocycles. The Morgan fingerprint density at radius 1 is 1.44 bits per heavy atom. The lowest BCUT2D eigenvalue weighted by Gasteiger charge is -2.25. The second kappa shape index (κ2) is 4.88. The van der Waals surface area contributed by atoms with E-state index in [9.17, 15) is 0 Å². The molecule has 3 heteroatoms. The first kappa shape index (κ1) is 12.0. The maximum absolute atomic E-state index is 6.34. The molecule has 0 radical (unpaired) electrons. The summed E-state index contributed by atoms with van der Waals surface area (Å²) >= 11 is 0. The quantitative estimate of drug-likeness (QED) is 0.888. The third-order valence-electron chi connectivity index (χ3n) is 4.81. The van der Waals surface area contributed by atoms with Crippen LogP contribution in [0.2, 0.25) is 0 Å². The van der Waals surface area contributed by atoms with Crippen molar-refractivity contribution in [2.45, 2.75) is 38.1 Å². The van der Waals surface area contributed by atoms with Crippen molar-refractivity contribution in [2.75, 3.05) is 7.11 Å². The molecule has 1 aromatic rings. The highest BCUT2D eigenvalue weighted by molar-refractivity contribution is 5.29. The second-order valence-corrected chi connectivity index (χ2v) is 5.87. The summed E-state index contributed by atoms with van der Waals surface area (Å²) in [4.78, 5) is 4.40. The Hall–Kier alpha value is -1.09. The van der Waals surface area contributed by atoms with Crippen LogP contribution < -0.4 is 10.5 Å². The number of hydrogen-bond acceptors (Lipinski definition) is 3. The predicted octanol–water partition coefficient (Wildman–Crippen LogP) is 2.92. The largest absolute Gasteiger partial charge is 0.495 e. The van der Waals surface area contributed by atoms with Crippen molar-refractivity contribution in [3.63, 3.8) is 0 Å². The number of ether oxygens (including phenoxy) is 1. The van der Waals surface area contributed by atoms with Gasteiger partial charge in [0, 0.05) is 6.20 Å². The zero-order valence-corrected chi connectivity index (χ0v) is 11.0. The Morgan fingerprint density at radius 3 is 3.00 bits per heavy atom. The van der Waals surface area contributed by atoms with E-state index in [1.807, 2.05) is 12.1 Å². The minimum Gasteiger partial charge on any atom is -0.495 e. The molecule has 0 spiro atoms. The number of methoxy groups -OCH3 is 1. The fraction of sp³-hybridized carbons (Fsp3) is 0.667. The molecule has 0 amide bonds. The molecule has 98 valence electrons. The molecule has 4 unspecified atom stereocenters. The highest BCUT2D eigenvalue weighted by Gasteiger charge is 2.40. The summed E-state index contributed by atoms with van der Waals surface area (Å²) in [6.45, 7) is 0. The Bertz CT molecular complexity index is 421. The normalized spacial score (nSPS) is 31.6. The van der Waals surface area contributed by atoms with Crippen LogP contribution in [0.25, 0.3) is 0 Å². The number of rotatable bonds is 4. The van der Waals surface area contributed by atoms with E-state index in [0.717, 1.165) is 35.6 Å². The summed E-state index contributed by atoms with van der Waals surface area (Å²) in [5.41, 5.74) is 7.26. The van der Waals surface area contributed by atoms with E-state index < -0.39 is 0 Å². The van der Waals surface area contributed by atoms with Crippen molar-refractivity contribution in [2.24, 2.45) is 23.5 Å². The molecular weight excluding hydrogens is 224 g/mol. The Balaban J connectivity index is 1.69. The highest BCUT2D eigenvalue weighted by atomic mass is 16.5. The number of nitrogens with two attached hydrogens (primary N) is 1. The van der Waals surface area contributed by atoms with Crippen LogP contribution in [-0.4, -0.2) is 12.1 Å². The second-order valence-electron chi connectivity index (χ2n) is 5.87. The number of aromatic nitrogens is 1. The molecule has 3 rings (SSSR count). The Labute approximate surface area is 109 Å².